The number of fused-ring (bicyclic) bond motifs is 1. The Labute approximate surface area is 128 Å². The van der Waals surface area contributed by atoms with Crippen molar-refractivity contribution in [3.05, 3.63) is 54.2 Å². The normalized spacial score (nSPS) is 10.5. The molecule has 0 fully saturated rings. The highest BCUT2D eigenvalue weighted by molar-refractivity contribution is 6.06. The lowest BCUT2D eigenvalue weighted by molar-refractivity contribution is 0.262. The van der Waals surface area contributed by atoms with E-state index in [0.29, 0.717) is 11.4 Å². The molecule has 0 saturated heterocycles. The van der Waals surface area contributed by atoms with Crippen LogP contribution in [0.25, 0.3) is 10.9 Å². The summed E-state index contributed by atoms with van der Waals surface area (Å²) in [7, 11) is 1.58. The number of amides is 2. The summed E-state index contributed by atoms with van der Waals surface area (Å²) in [6, 6.07) is 13.1. The highest BCUT2D eigenvalue weighted by Crippen LogP contribution is 2.26. The summed E-state index contributed by atoms with van der Waals surface area (Å²) in [6.45, 7) is 1.96. The van der Waals surface area contributed by atoms with Gasteiger partial charge in [0.2, 0.25) is 0 Å². The van der Waals surface area contributed by atoms with Crippen LogP contribution in [0.4, 0.5) is 16.2 Å². The van der Waals surface area contributed by atoms with Crippen molar-refractivity contribution in [2.24, 2.45) is 0 Å². The molecule has 0 aliphatic heterocycles. The van der Waals surface area contributed by atoms with Crippen LogP contribution < -0.4 is 15.4 Å². The molecule has 1 heterocycles. The van der Waals surface area contributed by atoms with Crippen LogP contribution in [0.1, 0.15) is 5.56 Å². The van der Waals surface area contributed by atoms with Crippen molar-refractivity contribution in [1.29, 1.82) is 0 Å². The number of aryl methyl sites for hydroxylation is 1. The zero-order valence-electron chi connectivity index (χ0n) is 12.4. The quantitative estimate of drug-likeness (QED) is 0.680. The van der Waals surface area contributed by atoms with Crippen LogP contribution >= 0.6 is 0 Å². The van der Waals surface area contributed by atoms with Crippen molar-refractivity contribution in [3.63, 3.8) is 0 Å². The fourth-order valence-electron chi connectivity index (χ4n) is 2.37. The number of hydrogen-bond acceptors (Lipinski definition) is 2. The summed E-state index contributed by atoms with van der Waals surface area (Å²) in [5.41, 5.74) is 3.40. The summed E-state index contributed by atoms with van der Waals surface area (Å²) in [5, 5.41) is 6.63. The molecule has 112 valence electrons. The van der Waals surface area contributed by atoms with Gasteiger partial charge in [-0.15, -0.1) is 0 Å². The minimum absolute atomic E-state index is 0.311. The molecule has 0 saturated carbocycles. The number of anilines is 2. The van der Waals surface area contributed by atoms with Gasteiger partial charge in [0.05, 0.1) is 18.5 Å². The van der Waals surface area contributed by atoms with Crippen LogP contribution in [0.3, 0.4) is 0 Å². The molecular formula is C17H17N3O2. The molecule has 0 atom stereocenters. The lowest BCUT2D eigenvalue weighted by Gasteiger charge is -2.11. The minimum atomic E-state index is -0.311. The summed E-state index contributed by atoms with van der Waals surface area (Å²) < 4.78 is 5.26. The lowest BCUT2D eigenvalue weighted by Crippen LogP contribution is -2.19. The molecule has 2 amide bonds. The van der Waals surface area contributed by atoms with Crippen LogP contribution in [-0.4, -0.2) is 18.1 Å². The van der Waals surface area contributed by atoms with Gasteiger partial charge < -0.3 is 20.4 Å². The first-order chi connectivity index (χ1) is 10.7. The van der Waals surface area contributed by atoms with Gasteiger partial charge in [0.1, 0.15) is 5.75 Å². The molecule has 5 heteroatoms. The van der Waals surface area contributed by atoms with E-state index in [0.717, 1.165) is 22.2 Å². The number of benzene rings is 2. The maximum absolute atomic E-state index is 12.2. The number of carbonyl (C=O) groups is 1. The van der Waals surface area contributed by atoms with Crippen molar-refractivity contribution in [3.8, 4) is 5.75 Å². The van der Waals surface area contributed by atoms with Gasteiger partial charge in [0.25, 0.3) is 0 Å². The van der Waals surface area contributed by atoms with Crippen LogP contribution in [0.15, 0.2) is 48.7 Å². The number of methoxy groups -OCH3 is 1. The minimum Gasteiger partial charge on any atom is -0.495 e. The zero-order chi connectivity index (χ0) is 15.5. The Balaban J connectivity index is 1.79. The van der Waals surface area contributed by atoms with Gasteiger partial charge in [0.15, 0.2) is 0 Å². The Morgan fingerprint density at radius 1 is 1.09 bits per heavy atom. The SMILES string of the molecule is COc1ccc(C)cc1NC(=O)Nc1c[nH]c2ccccc12. The number of urea groups is 1. The maximum Gasteiger partial charge on any atom is 0.323 e. The molecule has 3 aromatic rings. The van der Waals surface area contributed by atoms with Crippen molar-refractivity contribution >= 4 is 28.3 Å². The van der Waals surface area contributed by atoms with Gasteiger partial charge >= 0.3 is 6.03 Å². The third-order valence-corrected chi connectivity index (χ3v) is 3.44. The largest absolute Gasteiger partial charge is 0.495 e. The molecular weight excluding hydrogens is 278 g/mol. The Bertz CT molecular complexity index is 824. The summed E-state index contributed by atoms with van der Waals surface area (Å²) in [5.74, 6) is 0.625. The first kappa shape index (κ1) is 14.0. The van der Waals surface area contributed by atoms with Crippen molar-refractivity contribution < 1.29 is 9.53 Å². The molecule has 0 aliphatic carbocycles. The number of carbonyl (C=O) groups excluding carboxylic acids is 1. The molecule has 0 bridgehead atoms. The Morgan fingerprint density at radius 3 is 2.68 bits per heavy atom. The van der Waals surface area contributed by atoms with Crippen LogP contribution in [0.2, 0.25) is 0 Å². The van der Waals surface area contributed by atoms with Crippen molar-refractivity contribution in [2.45, 2.75) is 6.92 Å². The highest BCUT2D eigenvalue weighted by Gasteiger charge is 2.10. The standard InChI is InChI=1S/C17H17N3O2/c1-11-7-8-16(22-2)14(9-11)19-17(21)20-15-10-18-13-6-4-3-5-12(13)15/h3-10,18H,1-2H3,(H2,19,20,21). The van der Waals surface area contributed by atoms with Gasteiger partial charge in [-0.05, 0) is 30.7 Å². The highest BCUT2D eigenvalue weighted by atomic mass is 16.5. The van der Waals surface area contributed by atoms with Crippen LogP contribution in [-0.2, 0) is 0 Å². The topological polar surface area (TPSA) is 66.2 Å². The second kappa shape index (κ2) is 5.81. The first-order valence-corrected chi connectivity index (χ1v) is 6.96. The fraction of sp³-hybridized carbons (Fsp3) is 0.118. The smallest absolute Gasteiger partial charge is 0.323 e. The van der Waals surface area contributed by atoms with Gasteiger partial charge in [-0.3, -0.25) is 0 Å². The number of rotatable bonds is 3. The predicted molar refractivity (Wildman–Crippen MR) is 88.7 cm³/mol. The molecule has 22 heavy (non-hydrogen) atoms. The number of aromatic amines is 1. The summed E-state index contributed by atoms with van der Waals surface area (Å²) in [6.07, 6.45) is 1.78. The van der Waals surface area contributed by atoms with Crippen molar-refractivity contribution in [1.82, 2.24) is 4.98 Å². The number of hydrogen-bond donors (Lipinski definition) is 3. The Morgan fingerprint density at radius 2 is 1.86 bits per heavy atom. The van der Waals surface area contributed by atoms with Crippen molar-refractivity contribution in [2.75, 3.05) is 17.7 Å². The predicted octanol–water partition coefficient (Wildman–Crippen LogP) is 4.13. The lowest BCUT2D eigenvalue weighted by atomic mass is 10.2. The molecule has 3 N–H and O–H groups in total. The van der Waals surface area contributed by atoms with Crippen LogP contribution in [0.5, 0.6) is 5.75 Å². The fourth-order valence-corrected chi connectivity index (χ4v) is 2.37. The Kier molecular flexibility index (Phi) is 3.70. The zero-order valence-corrected chi connectivity index (χ0v) is 12.4. The number of aromatic nitrogens is 1. The molecule has 0 spiro atoms. The van der Waals surface area contributed by atoms with Gasteiger partial charge in [-0.25, -0.2) is 4.79 Å². The number of H-pyrrole nitrogens is 1. The molecule has 5 nitrogen and oxygen atoms in total. The van der Waals surface area contributed by atoms with E-state index in [9.17, 15) is 4.79 Å². The monoisotopic (exact) mass is 295 g/mol. The third-order valence-electron chi connectivity index (χ3n) is 3.44. The van der Waals surface area contributed by atoms with E-state index < -0.39 is 0 Å². The van der Waals surface area contributed by atoms with E-state index in [-0.39, 0.29) is 6.03 Å². The molecule has 0 unspecified atom stereocenters. The number of para-hydroxylation sites is 1. The van der Waals surface area contributed by atoms with Gasteiger partial charge in [-0.2, -0.15) is 0 Å². The molecule has 2 aromatic carbocycles. The number of ether oxygens (including phenoxy) is 1. The van der Waals surface area contributed by atoms with E-state index in [1.54, 1.807) is 13.3 Å². The van der Waals surface area contributed by atoms with Gasteiger partial charge in [-0.1, -0.05) is 24.3 Å². The molecule has 3 rings (SSSR count). The van der Waals surface area contributed by atoms with E-state index in [1.165, 1.54) is 0 Å². The van der Waals surface area contributed by atoms with E-state index >= 15 is 0 Å². The van der Waals surface area contributed by atoms with E-state index in [2.05, 4.69) is 15.6 Å². The Hall–Kier alpha value is -2.95. The van der Waals surface area contributed by atoms with E-state index in [4.69, 9.17) is 4.74 Å². The number of nitrogens with one attached hydrogen (secondary N) is 3. The van der Waals surface area contributed by atoms with E-state index in [1.807, 2.05) is 49.4 Å². The third kappa shape index (κ3) is 2.74. The maximum atomic E-state index is 12.2. The summed E-state index contributed by atoms with van der Waals surface area (Å²) >= 11 is 0. The molecule has 0 aliphatic rings. The second-order valence-electron chi connectivity index (χ2n) is 5.03. The summed E-state index contributed by atoms with van der Waals surface area (Å²) in [4.78, 5) is 15.3. The first-order valence-electron chi connectivity index (χ1n) is 6.96. The second-order valence-corrected chi connectivity index (χ2v) is 5.03. The average Bonchev–Trinajstić information content (AvgIpc) is 2.91. The average molecular weight is 295 g/mol. The molecule has 1 aromatic heterocycles. The molecule has 0 radical (unpaired) electrons. The van der Waals surface area contributed by atoms with Gasteiger partial charge in [0, 0.05) is 17.1 Å². The van der Waals surface area contributed by atoms with Crippen LogP contribution in [0, 0.1) is 6.92 Å².